The number of fused-ring (bicyclic) bond motifs is 1. The van der Waals surface area contributed by atoms with Crippen LogP contribution in [0.1, 0.15) is 17.0 Å². The number of nitrogens with one attached hydrogen (secondary N) is 1. The zero-order chi connectivity index (χ0) is 15.8. The van der Waals surface area contributed by atoms with Crippen molar-refractivity contribution in [2.75, 3.05) is 6.54 Å². The maximum Gasteiger partial charge on any atom is 0.256 e. The SMILES string of the molecule is Cn1ccc(CN2CCc3nc(-c4ccco4)[nH]c(=O)c3C2)n1. The van der Waals surface area contributed by atoms with Crippen molar-refractivity contribution < 1.29 is 4.42 Å². The van der Waals surface area contributed by atoms with E-state index in [-0.39, 0.29) is 5.56 Å². The lowest BCUT2D eigenvalue weighted by atomic mass is 10.1. The van der Waals surface area contributed by atoms with Crippen LogP contribution in [0.2, 0.25) is 0 Å². The predicted molar refractivity (Wildman–Crippen MR) is 83.6 cm³/mol. The molecule has 7 heteroatoms. The lowest BCUT2D eigenvalue weighted by molar-refractivity contribution is 0.238. The van der Waals surface area contributed by atoms with Crippen LogP contribution in [0.4, 0.5) is 0 Å². The third-order valence-electron chi connectivity index (χ3n) is 4.06. The molecule has 0 aromatic carbocycles. The van der Waals surface area contributed by atoms with Crippen molar-refractivity contribution >= 4 is 0 Å². The van der Waals surface area contributed by atoms with Crippen LogP contribution >= 0.6 is 0 Å². The quantitative estimate of drug-likeness (QED) is 0.789. The number of rotatable bonds is 3. The molecule has 0 saturated heterocycles. The van der Waals surface area contributed by atoms with E-state index in [1.54, 1.807) is 23.1 Å². The van der Waals surface area contributed by atoms with E-state index in [1.807, 2.05) is 19.3 Å². The molecule has 1 N–H and O–H groups in total. The summed E-state index contributed by atoms with van der Waals surface area (Å²) >= 11 is 0. The van der Waals surface area contributed by atoms with E-state index in [9.17, 15) is 4.79 Å². The summed E-state index contributed by atoms with van der Waals surface area (Å²) in [5.74, 6) is 1.08. The molecule has 3 aromatic heterocycles. The summed E-state index contributed by atoms with van der Waals surface area (Å²) in [6, 6.07) is 5.57. The van der Waals surface area contributed by atoms with Gasteiger partial charge in [0.25, 0.3) is 5.56 Å². The van der Waals surface area contributed by atoms with Gasteiger partial charge in [-0.3, -0.25) is 14.4 Å². The lowest BCUT2D eigenvalue weighted by Gasteiger charge is -2.26. The minimum Gasteiger partial charge on any atom is -0.461 e. The molecule has 0 radical (unpaired) electrons. The van der Waals surface area contributed by atoms with Crippen molar-refractivity contribution in [3.05, 3.63) is 58.0 Å². The summed E-state index contributed by atoms with van der Waals surface area (Å²) in [6.07, 6.45) is 4.25. The largest absolute Gasteiger partial charge is 0.461 e. The number of nitrogens with zero attached hydrogens (tertiary/aromatic N) is 4. The van der Waals surface area contributed by atoms with Crippen molar-refractivity contribution in [1.82, 2.24) is 24.6 Å². The van der Waals surface area contributed by atoms with E-state index in [0.29, 0.717) is 18.1 Å². The highest BCUT2D eigenvalue weighted by atomic mass is 16.3. The number of furan rings is 1. The maximum absolute atomic E-state index is 12.4. The van der Waals surface area contributed by atoms with Crippen molar-refractivity contribution in [3.63, 3.8) is 0 Å². The summed E-state index contributed by atoms with van der Waals surface area (Å²) in [7, 11) is 1.90. The van der Waals surface area contributed by atoms with Crippen LogP contribution in [0.25, 0.3) is 11.6 Å². The highest BCUT2D eigenvalue weighted by Crippen LogP contribution is 2.19. The minimum absolute atomic E-state index is 0.0906. The molecular weight excluding hydrogens is 294 g/mol. The molecule has 7 nitrogen and oxygen atoms in total. The Bertz CT molecular complexity index is 878. The Balaban J connectivity index is 1.59. The summed E-state index contributed by atoms with van der Waals surface area (Å²) in [4.78, 5) is 22.0. The fraction of sp³-hybridized carbons (Fsp3) is 0.312. The average Bonchev–Trinajstić information content (AvgIpc) is 3.20. The van der Waals surface area contributed by atoms with Gasteiger partial charge < -0.3 is 9.40 Å². The highest BCUT2D eigenvalue weighted by Gasteiger charge is 2.22. The number of aromatic amines is 1. The zero-order valence-electron chi connectivity index (χ0n) is 12.8. The topological polar surface area (TPSA) is 80.0 Å². The molecule has 0 amide bonds. The normalized spacial score (nSPS) is 14.8. The molecule has 0 fully saturated rings. The molecule has 1 aliphatic heterocycles. The number of aryl methyl sites for hydroxylation is 1. The van der Waals surface area contributed by atoms with Gasteiger partial charge in [-0.2, -0.15) is 5.10 Å². The molecule has 0 spiro atoms. The molecule has 0 bridgehead atoms. The second-order valence-electron chi connectivity index (χ2n) is 5.76. The van der Waals surface area contributed by atoms with Gasteiger partial charge in [0.1, 0.15) is 0 Å². The second-order valence-corrected chi connectivity index (χ2v) is 5.76. The van der Waals surface area contributed by atoms with E-state index in [2.05, 4.69) is 20.0 Å². The van der Waals surface area contributed by atoms with Gasteiger partial charge in [0.2, 0.25) is 0 Å². The summed E-state index contributed by atoms with van der Waals surface area (Å²) < 4.78 is 7.10. The Morgan fingerprint density at radius 2 is 2.30 bits per heavy atom. The van der Waals surface area contributed by atoms with Crippen LogP contribution in [0.5, 0.6) is 0 Å². The number of hydrogen-bond donors (Lipinski definition) is 1. The van der Waals surface area contributed by atoms with Gasteiger partial charge in [-0.05, 0) is 18.2 Å². The molecule has 0 unspecified atom stereocenters. The monoisotopic (exact) mass is 311 g/mol. The fourth-order valence-corrected chi connectivity index (χ4v) is 2.92. The first-order valence-electron chi connectivity index (χ1n) is 7.56. The van der Waals surface area contributed by atoms with Gasteiger partial charge in [0, 0.05) is 39.3 Å². The number of hydrogen-bond acceptors (Lipinski definition) is 5. The Morgan fingerprint density at radius 1 is 1.39 bits per heavy atom. The lowest BCUT2D eigenvalue weighted by Crippen LogP contribution is -2.35. The second kappa shape index (κ2) is 5.51. The molecule has 0 aliphatic carbocycles. The number of H-pyrrole nitrogens is 1. The van der Waals surface area contributed by atoms with Crippen molar-refractivity contribution in [2.24, 2.45) is 7.05 Å². The van der Waals surface area contributed by atoms with Crippen LogP contribution in [-0.4, -0.2) is 31.2 Å². The first kappa shape index (κ1) is 14.0. The smallest absolute Gasteiger partial charge is 0.256 e. The predicted octanol–water partition coefficient (Wildman–Crippen LogP) is 1.32. The van der Waals surface area contributed by atoms with Gasteiger partial charge in [0.15, 0.2) is 11.6 Å². The third kappa shape index (κ3) is 2.70. The van der Waals surface area contributed by atoms with Crippen molar-refractivity contribution in [3.8, 4) is 11.6 Å². The van der Waals surface area contributed by atoms with Gasteiger partial charge in [-0.15, -0.1) is 0 Å². The first-order valence-corrected chi connectivity index (χ1v) is 7.56. The van der Waals surface area contributed by atoms with E-state index in [4.69, 9.17) is 4.42 Å². The molecular formula is C16H17N5O2. The Morgan fingerprint density at radius 3 is 3.04 bits per heavy atom. The van der Waals surface area contributed by atoms with Crippen molar-refractivity contribution in [2.45, 2.75) is 19.5 Å². The standard InChI is InChI=1S/C16H17N5O2/c1-20-6-4-11(19-20)9-21-7-5-13-12(10-21)16(22)18-15(17-13)14-3-2-8-23-14/h2-4,6,8H,5,7,9-10H2,1H3,(H,17,18,22). The third-order valence-corrected chi connectivity index (χ3v) is 4.06. The Hall–Kier alpha value is -2.67. The molecule has 1 aliphatic rings. The first-order chi connectivity index (χ1) is 11.2. The van der Waals surface area contributed by atoms with Crippen LogP contribution in [0, 0.1) is 0 Å². The maximum atomic E-state index is 12.4. The van der Waals surface area contributed by atoms with Crippen LogP contribution in [-0.2, 0) is 26.6 Å². The van der Waals surface area contributed by atoms with Crippen LogP contribution < -0.4 is 5.56 Å². The van der Waals surface area contributed by atoms with E-state index in [0.717, 1.165) is 36.5 Å². The van der Waals surface area contributed by atoms with Crippen molar-refractivity contribution in [1.29, 1.82) is 0 Å². The molecule has 0 atom stereocenters. The molecule has 3 aromatic rings. The van der Waals surface area contributed by atoms with E-state index in [1.165, 1.54) is 0 Å². The summed E-state index contributed by atoms with van der Waals surface area (Å²) in [5, 5.41) is 4.39. The molecule has 118 valence electrons. The Labute approximate surface area is 132 Å². The van der Waals surface area contributed by atoms with Crippen LogP contribution in [0.3, 0.4) is 0 Å². The van der Waals surface area contributed by atoms with Gasteiger partial charge in [-0.1, -0.05) is 0 Å². The van der Waals surface area contributed by atoms with Gasteiger partial charge in [-0.25, -0.2) is 4.98 Å². The Kier molecular flexibility index (Phi) is 3.34. The molecule has 4 heterocycles. The molecule has 23 heavy (non-hydrogen) atoms. The van der Waals surface area contributed by atoms with Crippen LogP contribution in [0.15, 0.2) is 39.9 Å². The van der Waals surface area contributed by atoms with E-state index >= 15 is 0 Å². The summed E-state index contributed by atoms with van der Waals surface area (Å²) in [5.41, 5.74) is 2.51. The average molecular weight is 311 g/mol. The van der Waals surface area contributed by atoms with Gasteiger partial charge in [0.05, 0.1) is 23.2 Å². The fourth-order valence-electron chi connectivity index (χ4n) is 2.92. The zero-order valence-corrected chi connectivity index (χ0v) is 12.8. The molecule has 0 saturated carbocycles. The highest BCUT2D eigenvalue weighted by molar-refractivity contribution is 5.46. The summed E-state index contributed by atoms with van der Waals surface area (Å²) in [6.45, 7) is 2.18. The van der Waals surface area contributed by atoms with Gasteiger partial charge >= 0.3 is 0 Å². The minimum atomic E-state index is -0.0906. The number of aromatic nitrogens is 4. The van der Waals surface area contributed by atoms with E-state index < -0.39 is 0 Å². The molecule has 4 rings (SSSR count).